The zero-order chi connectivity index (χ0) is 14.5. The molecule has 0 radical (unpaired) electrons. The van der Waals surface area contributed by atoms with E-state index in [9.17, 15) is 9.90 Å². The summed E-state index contributed by atoms with van der Waals surface area (Å²) in [4.78, 5) is 12.2. The molecule has 0 heterocycles. The quantitative estimate of drug-likeness (QED) is 0.763. The van der Waals surface area contributed by atoms with Gasteiger partial charge in [-0.05, 0) is 43.4 Å². The molecule has 1 aliphatic carbocycles. The molecule has 0 spiro atoms. The fourth-order valence-corrected chi connectivity index (χ4v) is 3.06. The normalized spacial score (nSPS) is 23.6. The first kappa shape index (κ1) is 15.0. The fourth-order valence-electron chi connectivity index (χ4n) is 3.06. The van der Waals surface area contributed by atoms with Crippen LogP contribution in [-0.2, 0) is 4.79 Å². The number of rotatable bonds is 5. The number of hydrogen-bond donors (Lipinski definition) is 3. The van der Waals surface area contributed by atoms with Crippen molar-refractivity contribution in [2.75, 3.05) is 13.1 Å². The van der Waals surface area contributed by atoms with E-state index >= 15 is 0 Å². The summed E-state index contributed by atoms with van der Waals surface area (Å²) < 4.78 is 0. The molecule has 1 amide bonds. The van der Waals surface area contributed by atoms with Gasteiger partial charge < -0.3 is 16.2 Å². The molecule has 1 aromatic rings. The fraction of sp³-hybridized carbons (Fsp3) is 0.562. The number of carbonyl (C=O) groups is 1. The van der Waals surface area contributed by atoms with Crippen LogP contribution in [-0.4, -0.2) is 24.1 Å². The Kier molecular flexibility index (Phi) is 5.15. The maximum atomic E-state index is 12.2. The number of aliphatic hydroxyl groups is 1. The maximum Gasteiger partial charge on any atom is 0.223 e. The molecule has 0 saturated heterocycles. The summed E-state index contributed by atoms with van der Waals surface area (Å²) in [5.74, 6) is 0.347. The second kappa shape index (κ2) is 6.86. The van der Waals surface area contributed by atoms with Gasteiger partial charge in [0.1, 0.15) is 0 Å². The topological polar surface area (TPSA) is 75.3 Å². The lowest BCUT2D eigenvalue weighted by molar-refractivity contribution is -0.126. The lowest BCUT2D eigenvalue weighted by Gasteiger charge is -2.19. The van der Waals surface area contributed by atoms with E-state index in [1.165, 1.54) is 0 Å². The molecule has 0 aliphatic heterocycles. The zero-order valence-corrected chi connectivity index (χ0v) is 12.0. The van der Waals surface area contributed by atoms with Gasteiger partial charge in [-0.1, -0.05) is 30.7 Å². The molecule has 1 aromatic carbocycles. The van der Waals surface area contributed by atoms with Gasteiger partial charge in [0.15, 0.2) is 0 Å². The van der Waals surface area contributed by atoms with Crippen LogP contribution in [0.5, 0.6) is 0 Å². The third kappa shape index (κ3) is 3.38. The molecule has 1 fully saturated rings. The van der Waals surface area contributed by atoms with Gasteiger partial charge in [0.05, 0.1) is 6.10 Å². The molecule has 0 aromatic heterocycles. The summed E-state index contributed by atoms with van der Waals surface area (Å²) >= 11 is 0. The minimum atomic E-state index is -0.655. The molecular formula is C16H24N2O2. The lowest BCUT2D eigenvalue weighted by atomic mass is 9.95. The number of benzene rings is 1. The Hall–Kier alpha value is -1.39. The van der Waals surface area contributed by atoms with Crippen molar-refractivity contribution in [2.45, 2.75) is 32.3 Å². The van der Waals surface area contributed by atoms with E-state index in [4.69, 9.17) is 5.73 Å². The van der Waals surface area contributed by atoms with Gasteiger partial charge in [-0.2, -0.15) is 0 Å². The third-order valence-electron chi connectivity index (χ3n) is 4.32. The first-order valence-corrected chi connectivity index (χ1v) is 7.35. The molecule has 2 rings (SSSR count). The second-order valence-electron chi connectivity index (χ2n) is 5.65. The summed E-state index contributed by atoms with van der Waals surface area (Å²) in [6.45, 7) is 2.79. The minimum Gasteiger partial charge on any atom is -0.387 e. The number of nitrogens with one attached hydrogen (secondary N) is 1. The van der Waals surface area contributed by atoms with Crippen LogP contribution in [0.3, 0.4) is 0 Å². The highest BCUT2D eigenvalue weighted by molar-refractivity contribution is 5.79. The van der Waals surface area contributed by atoms with Crippen LogP contribution in [0.1, 0.15) is 36.5 Å². The molecule has 4 heteroatoms. The Morgan fingerprint density at radius 3 is 2.90 bits per heavy atom. The third-order valence-corrected chi connectivity index (χ3v) is 4.32. The van der Waals surface area contributed by atoms with Crippen molar-refractivity contribution >= 4 is 5.91 Å². The van der Waals surface area contributed by atoms with E-state index in [0.29, 0.717) is 12.5 Å². The van der Waals surface area contributed by atoms with E-state index in [2.05, 4.69) is 5.32 Å². The Bertz CT molecular complexity index is 462. The standard InChI is InChI=1S/C16H24N2O2/c1-11-5-2-3-7-13(11)15(19)10-18-16(20)14-8-4-6-12(14)9-17/h2-3,5,7,12,14-15,19H,4,6,8-10,17H2,1H3,(H,18,20)/t12-,14-,15?/m1/s1. The predicted octanol–water partition coefficient (Wildman–Crippen LogP) is 1.52. The molecule has 3 atom stereocenters. The summed E-state index contributed by atoms with van der Waals surface area (Å²) in [5.41, 5.74) is 7.61. The maximum absolute atomic E-state index is 12.2. The van der Waals surface area contributed by atoms with Crippen molar-refractivity contribution in [3.8, 4) is 0 Å². The Morgan fingerprint density at radius 1 is 1.45 bits per heavy atom. The largest absolute Gasteiger partial charge is 0.387 e. The van der Waals surface area contributed by atoms with Crippen molar-refractivity contribution < 1.29 is 9.90 Å². The smallest absolute Gasteiger partial charge is 0.223 e. The predicted molar refractivity (Wildman–Crippen MR) is 79.0 cm³/mol. The number of aryl methyl sites for hydroxylation is 1. The molecule has 20 heavy (non-hydrogen) atoms. The average Bonchev–Trinajstić information content (AvgIpc) is 2.93. The molecule has 1 saturated carbocycles. The Labute approximate surface area is 120 Å². The zero-order valence-electron chi connectivity index (χ0n) is 12.0. The molecule has 110 valence electrons. The van der Waals surface area contributed by atoms with Crippen LogP contribution in [0.15, 0.2) is 24.3 Å². The van der Waals surface area contributed by atoms with Crippen molar-refractivity contribution in [2.24, 2.45) is 17.6 Å². The molecule has 4 N–H and O–H groups in total. The van der Waals surface area contributed by atoms with Gasteiger partial charge in [0.2, 0.25) is 5.91 Å². The van der Waals surface area contributed by atoms with Gasteiger partial charge in [-0.15, -0.1) is 0 Å². The van der Waals surface area contributed by atoms with Crippen molar-refractivity contribution in [1.29, 1.82) is 0 Å². The average molecular weight is 276 g/mol. The highest BCUT2D eigenvalue weighted by Crippen LogP contribution is 2.31. The number of amides is 1. The molecule has 4 nitrogen and oxygen atoms in total. The van der Waals surface area contributed by atoms with Crippen LogP contribution in [0.2, 0.25) is 0 Å². The number of aliphatic hydroxyl groups excluding tert-OH is 1. The molecular weight excluding hydrogens is 252 g/mol. The van der Waals surface area contributed by atoms with Crippen LogP contribution < -0.4 is 11.1 Å². The first-order chi connectivity index (χ1) is 9.63. The van der Waals surface area contributed by atoms with Crippen molar-refractivity contribution in [1.82, 2.24) is 5.32 Å². The van der Waals surface area contributed by atoms with E-state index in [-0.39, 0.29) is 18.4 Å². The number of carbonyl (C=O) groups excluding carboxylic acids is 1. The minimum absolute atomic E-state index is 0.0177. The number of hydrogen-bond acceptors (Lipinski definition) is 3. The summed E-state index contributed by atoms with van der Waals surface area (Å²) in [6.07, 6.45) is 2.36. The Morgan fingerprint density at radius 2 is 2.20 bits per heavy atom. The van der Waals surface area contributed by atoms with Crippen molar-refractivity contribution in [3.63, 3.8) is 0 Å². The Balaban J connectivity index is 1.89. The van der Waals surface area contributed by atoms with Gasteiger partial charge >= 0.3 is 0 Å². The van der Waals surface area contributed by atoms with Crippen molar-refractivity contribution in [3.05, 3.63) is 35.4 Å². The lowest BCUT2D eigenvalue weighted by Crippen LogP contribution is -2.37. The van der Waals surface area contributed by atoms with Gasteiger partial charge in [0.25, 0.3) is 0 Å². The van der Waals surface area contributed by atoms with Gasteiger partial charge in [0, 0.05) is 12.5 Å². The summed E-state index contributed by atoms with van der Waals surface area (Å²) in [7, 11) is 0. The van der Waals surface area contributed by atoms with E-state index in [1.54, 1.807) is 0 Å². The number of nitrogens with two attached hydrogens (primary N) is 1. The van der Waals surface area contributed by atoms with E-state index < -0.39 is 6.10 Å². The van der Waals surface area contributed by atoms with Gasteiger partial charge in [-0.3, -0.25) is 4.79 Å². The van der Waals surface area contributed by atoms with Gasteiger partial charge in [-0.25, -0.2) is 0 Å². The van der Waals surface area contributed by atoms with Crippen LogP contribution in [0.4, 0.5) is 0 Å². The van der Waals surface area contributed by atoms with E-state index in [0.717, 1.165) is 30.4 Å². The first-order valence-electron chi connectivity index (χ1n) is 7.35. The molecule has 1 unspecified atom stereocenters. The summed E-state index contributed by atoms with van der Waals surface area (Å²) in [5, 5.41) is 13.0. The van der Waals surface area contributed by atoms with Crippen LogP contribution in [0.25, 0.3) is 0 Å². The molecule has 1 aliphatic rings. The molecule has 0 bridgehead atoms. The second-order valence-corrected chi connectivity index (χ2v) is 5.65. The van der Waals surface area contributed by atoms with Crippen LogP contribution >= 0.6 is 0 Å². The van der Waals surface area contributed by atoms with Crippen LogP contribution in [0, 0.1) is 18.8 Å². The van der Waals surface area contributed by atoms with E-state index in [1.807, 2.05) is 31.2 Å². The monoisotopic (exact) mass is 276 g/mol. The highest BCUT2D eigenvalue weighted by atomic mass is 16.3. The highest BCUT2D eigenvalue weighted by Gasteiger charge is 2.31. The summed E-state index contributed by atoms with van der Waals surface area (Å²) in [6, 6.07) is 7.69. The SMILES string of the molecule is Cc1ccccc1C(O)CNC(=O)[C@@H]1CCC[C@@H]1CN.